The Labute approximate surface area is 161 Å². The molecular formula is C19H21F2N5O2. The van der Waals surface area contributed by atoms with Crippen molar-refractivity contribution in [2.24, 2.45) is 0 Å². The molecule has 3 heterocycles. The molecule has 0 N–H and O–H groups in total. The van der Waals surface area contributed by atoms with Crippen molar-refractivity contribution < 1.29 is 18.3 Å². The van der Waals surface area contributed by atoms with Gasteiger partial charge in [-0.05, 0) is 18.6 Å². The lowest BCUT2D eigenvalue weighted by Crippen LogP contribution is -2.52. The normalized spacial score (nSPS) is 20.7. The predicted molar refractivity (Wildman–Crippen MR) is 99.5 cm³/mol. The van der Waals surface area contributed by atoms with Crippen LogP contribution in [0.4, 0.5) is 20.3 Å². The fraction of sp³-hybridized carbons (Fsp3) is 0.421. The van der Waals surface area contributed by atoms with Gasteiger partial charge in [0, 0.05) is 38.8 Å². The van der Waals surface area contributed by atoms with Gasteiger partial charge in [-0.1, -0.05) is 6.07 Å². The highest BCUT2D eigenvalue weighted by atomic mass is 19.1. The molecule has 1 unspecified atom stereocenters. The zero-order valence-electron chi connectivity index (χ0n) is 15.5. The van der Waals surface area contributed by atoms with Crippen LogP contribution in [0.2, 0.25) is 0 Å². The second-order valence-electron chi connectivity index (χ2n) is 6.81. The third-order valence-corrected chi connectivity index (χ3v) is 5.30. The van der Waals surface area contributed by atoms with Crippen LogP contribution in [0.25, 0.3) is 0 Å². The van der Waals surface area contributed by atoms with Gasteiger partial charge in [-0.25, -0.2) is 18.7 Å². The average Bonchev–Trinajstić information content (AvgIpc) is 3.09. The van der Waals surface area contributed by atoms with E-state index in [4.69, 9.17) is 4.74 Å². The largest absolute Gasteiger partial charge is 0.481 e. The molecule has 0 radical (unpaired) electrons. The number of amides is 1. The topological polar surface area (TPSA) is 61.8 Å². The van der Waals surface area contributed by atoms with Crippen molar-refractivity contribution in [2.45, 2.75) is 12.5 Å². The number of ether oxygens (including phenoxy) is 1. The third kappa shape index (κ3) is 3.37. The number of para-hydroxylation sites is 1. The van der Waals surface area contributed by atoms with Gasteiger partial charge in [-0.2, -0.15) is 0 Å². The first-order chi connectivity index (χ1) is 13.6. The van der Waals surface area contributed by atoms with Gasteiger partial charge in [-0.15, -0.1) is 0 Å². The highest BCUT2D eigenvalue weighted by molar-refractivity contribution is 5.99. The van der Waals surface area contributed by atoms with Crippen molar-refractivity contribution >= 4 is 17.4 Å². The number of benzene rings is 1. The number of aromatic nitrogens is 2. The maximum Gasteiger partial charge on any atom is 0.244 e. The number of carbonyl (C=O) groups excluding carboxylic acids is 1. The van der Waals surface area contributed by atoms with Crippen LogP contribution in [0.3, 0.4) is 0 Å². The van der Waals surface area contributed by atoms with Crippen LogP contribution in [0.5, 0.6) is 5.88 Å². The Morgan fingerprint density at radius 1 is 1.07 bits per heavy atom. The molecule has 4 rings (SSSR count). The van der Waals surface area contributed by atoms with E-state index >= 15 is 0 Å². The smallest absolute Gasteiger partial charge is 0.244 e. The summed E-state index contributed by atoms with van der Waals surface area (Å²) in [7, 11) is 1.56. The summed E-state index contributed by atoms with van der Waals surface area (Å²) >= 11 is 0. The Bertz CT molecular complexity index is 853. The fourth-order valence-electron chi connectivity index (χ4n) is 3.85. The summed E-state index contributed by atoms with van der Waals surface area (Å²) in [5.41, 5.74) is -0.248. The van der Waals surface area contributed by atoms with E-state index in [-0.39, 0.29) is 17.6 Å². The summed E-state index contributed by atoms with van der Waals surface area (Å²) in [6.07, 6.45) is 2.01. The molecule has 2 aromatic rings. The van der Waals surface area contributed by atoms with E-state index < -0.39 is 11.6 Å². The van der Waals surface area contributed by atoms with E-state index in [2.05, 4.69) is 19.8 Å². The highest BCUT2D eigenvalue weighted by Gasteiger charge is 2.39. The predicted octanol–water partition coefficient (Wildman–Crippen LogP) is 1.69. The van der Waals surface area contributed by atoms with Gasteiger partial charge in [0.05, 0.1) is 13.2 Å². The van der Waals surface area contributed by atoms with Crippen LogP contribution in [0, 0.1) is 11.6 Å². The monoisotopic (exact) mass is 389 g/mol. The maximum atomic E-state index is 14.1. The van der Waals surface area contributed by atoms with Gasteiger partial charge in [0.25, 0.3) is 0 Å². The van der Waals surface area contributed by atoms with Crippen LogP contribution in [-0.2, 0) is 4.79 Å². The van der Waals surface area contributed by atoms with E-state index in [1.54, 1.807) is 13.2 Å². The first-order valence-corrected chi connectivity index (χ1v) is 9.19. The van der Waals surface area contributed by atoms with E-state index in [1.807, 2.05) is 0 Å². The van der Waals surface area contributed by atoms with Crippen molar-refractivity contribution in [1.82, 2.24) is 14.9 Å². The first kappa shape index (κ1) is 18.5. The fourth-order valence-corrected chi connectivity index (χ4v) is 3.85. The van der Waals surface area contributed by atoms with Gasteiger partial charge in [0.1, 0.15) is 29.5 Å². The maximum absolute atomic E-state index is 14.1. The number of nitrogens with zero attached hydrogens (tertiary/aromatic N) is 5. The number of anilines is 2. The number of methoxy groups -OCH3 is 1. The number of hydrogen-bond acceptors (Lipinski definition) is 6. The Morgan fingerprint density at radius 3 is 2.46 bits per heavy atom. The molecule has 1 aromatic heterocycles. The Balaban J connectivity index is 1.42. The van der Waals surface area contributed by atoms with E-state index in [9.17, 15) is 13.6 Å². The lowest BCUT2D eigenvalue weighted by Gasteiger charge is -2.37. The number of carbonyl (C=O) groups is 1. The molecule has 0 aliphatic carbocycles. The Kier molecular flexibility index (Phi) is 5.08. The van der Waals surface area contributed by atoms with Gasteiger partial charge in [0.15, 0.2) is 0 Å². The molecule has 1 aromatic carbocycles. The minimum Gasteiger partial charge on any atom is -0.481 e. The van der Waals surface area contributed by atoms with Gasteiger partial charge in [0.2, 0.25) is 11.8 Å². The van der Waals surface area contributed by atoms with Crippen LogP contribution in [0.15, 0.2) is 30.6 Å². The zero-order chi connectivity index (χ0) is 19.7. The summed E-state index contributed by atoms with van der Waals surface area (Å²) in [5, 5.41) is 0. The SMILES string of the molecule is COc1cc(N2CCN(C3CCN(c4c(F)cccc4F)C3=O)CC2)ncn1. The molecule has 9 heteroatoms. The molecule has 148 valence electrons. The summed E-state index contributed by atoms with van der Waals surface area (Å²) in [6, 6.07) is 5.06. The molecule has 0 spiro atoms. The van der Waals surface area contributed by atoms with Crippen LogP contribution < -0.4 is 14.5 Å². The Hall–Kier alpha value is -2.81. The molecule has 0 bridgehead atoms. The molecule has 2 aliphatic heterocycles. The summed E-state index contributed by atoms with van der Waals surface area (Å²) < 4.78 is 33.3. The van der Waals surface area contributed by atoms with Crippen molar-refractivity contribution in [3.8, 4) is 5.88 Å². The number of halogens is 2. The number of hydrogen-bond donors (Lipinski definition) is 0. The zero-order valence-corrected chi connectivity index (χ0v) is 15.5. The summed E-state index contributed by atoms with van der Waals surface area (Å²) in [6.45, 7) is 3.02. The second kappa shape index (κ2) is 7.67. The Morgan fingerprint density at radius 2 is 1.79 bits per heavy atom. The van der Waals surface area contributed by atoms with E-state index in [0.29, 0.717) is 45.0 Å². The quantitative estimate of drug-likeness (QED) is 0.793. The van der Waals surface area contributed by atoms with Gasteiger partial charge < -0.3 is 14.5 Å². The first-order valence-electron chi connectivity index (χ1n) is 9.19. The molecule has 0 saturated carbocycles. The molecule has 2 saturated heterocycles. The molecular weight excluding hydrogens is 368 g/mol. The minimum absolute atomic E-state index is 0.248. The molecule has 2 fully saturated rings. The van der Waals surface area contributed by atoms with Crippen molar-refractivity contribution in [2.75, 3.05) is 49.6 Å². The standard InChI is InChI=1S/C19H21F2N5O2/c1-28-17-11-16(22-12-23-17)25-9-7-24(8-10-25)15-5-6-26(19(15)27)18-13(20)3-2-4-14(18)21/h2-4,11-12,15H,5-10H2,1H3. The average molecular weight is 389 g/mol. The van der Waals surface area contributed by atoms with Gasteiger partial charge in [-0.3, -0.25) is 9.69 Å². The van der Waals surface area contributed by atoms with Crippen LogP contribution >= 0.6 is 0 Å². The lowest BCUT2D eigenvalue weighted by molar-refractivity contribution is -0.121. The summed E-state index contributed by atoms with van der Waals surface area (Å²) in [5.74, 6) is -0.394. The highest BCUT2D eigenvalue weighted by Crippen LogP contribution is 2.30. The van der Waals surface area contributed by atoms with Crippen molar-refractivity contribution in [3.63, 3.8) is 0 Å². The third-order valence-electron chi connectivity index (χ3n) is 5.30. The molecule has 7 nitrogen and oxygen atoms in total. The summed E-state index contributed by atoms with van der Waals surface area (Å²) in [4.78, 5) is 26.6. The van der Waals surface area contributed by atoms with Crippen molar-refractivity contribution in [1.29, 1.82) is 0 Å². The van der Waals surface area contributed by atoms with Gasteiger partial charge >= 0.3 is 0 Å². The number of rotatable bonds is 4. The van der Waals surface area contributed by atoms with Crippen molar-refractivity contribution in [3.05, 3.63) is 42.2 Å². The van der Waals surface area contributed by atoms with E-state index in [0.717, 1.165) is 5.82 Å². The molecule has 1 atom stereocenters. The minimum atomic E-state index is -0.712. The molecule has 2 aliphatic rings. The van der Waals surface area contributed by atoms with E-state index in [1.165, 1.54) is 29.4 Å². The molecule has 1 amide bonds. The van der Waals surface area contributed by atoms with Crippen LogP contribution in [0.1, 0.15) is 6.42 Å². The van der Waals surface area contributed by atoms with Crippen LogP contribution in [-0.4, -0.2) is 66.7 Å². The number of piperazine rings is 1. The second-order valence-corrected chi connectivity index (χ2v) is 6.81. The lowest BCUT2D eigenvalue weighted by atomic mass is 10.2. The molecule has 28 heavy (non-hydrogen) atoms.